The highest BCUT2D eigenvalue weighted by Crippen LogP contribution is 2.03. The molecule has 0 aliphatic carbocycles. The second-order valence-electron chi connectivity index (χ2n) is 4.36. The van der Waals surface area contributed by atoms with Crippen molar-refractivity contribution in [2.45, 2.75) is 58.2 Å². The molecule has 0 spiro atoms. The number of hydrogen-bond acceptors (Lipinski definition) is 2. The Morgan fingerprint density at radius 2 is 1.93 bits per heavy atom. The first kappa shape index (κ1) is 14.8. The molecule has 15 heavy (non-hydrogen) atoms. The smallest absolute Gasteiger partial charge is 0.158 e. The highest BCUT2D eigenvalue weighted by Gasteiger charge is 2.02. The Hall–Kier alpha value is -0.153. The quantitative estimate of drug-likeness (QED) is 0.424. The van der Waals surface area contributed by atoms with Crippen LogP contribution in [0.5, 0.6) is 0 Å². The predicted molar refractivity (Wildman–Crippen MR) is 66.9 cm³/mol. The Bertz CT molecular complexity index is 158. The molecule has 0 aromatic carbocycles. The number of hydrogen-bond donors (Lipinski definition) is 0. The van der Waals surface area contributed by atoms with Crippen molar-refractivity contribution >= 4 is 14.6 Å². The van der Waals surface area contributed by atoms with Crippen LogP contribution in [0.1, 0.15) is 39.0 Å². The number of carbonyl (C=O) groups excluding carboxylic acids is 1. The van der Waals surface area contributed by atoms with Crippen molar-refractivity contribution < 1.29 is 9.53 Å². The Kier molecular flexibility index (Phi) is 10.3. The average Bonchev–Trinajstić information content (AvgIpc) is 2.19. The van der Waals surface area contributed by atoms with Crippen molar-refractivity contribution in [3.63, 3.8) is 0 Å². The molecule has 1 radical (unpaired) electrons. The summed E-state index contributed by atoms with van der Waals surface area (Å²) in [6.45, 7) is 7.81. The van der Waals surface area contributed by atoms with Gasteiger partial charge >= 0.3 is 0 Å². The molecule has 0 saturated heterocycles. The molecule has 89 valence electrons. The molecule has 0 unspecified atom stereocenters. The van der Waals surface area contributed by atoms with Crippen molar-refractivity contribution in [3.05, 3.63) is 0 Å². The Morgan fingerprint density at radius 3 is 2.53 bits per heavy atom. The van der Waals surface area contributed by atoms with E-state index in [1.165, 1.54) is 19.3 Å². The van der Waals surface area contributed by atoms with E-state index in [0.29, 0.717) is 13.0 Å². The van der Waals surface area contributed by atoms with Crippen molar-refractivity contribution in [1.82, 2.24) is 0 Å². The summed E-state index contributed by atoms with van der Waals surface area (Å²) in [5.74, 6) is 0.270. The van der Waals surface area contributed by atoms with Gasteiger partial charge in [0.05, 0.1) is 0 Å². The predicted octanol–water partition coefficient (Wildman–Crippen LogP) is 3.30. The molecule has 0 atom stereocenters. The van der Waals surface area contributed by atoms with Gasteiger partial charge in [-0.3, -0.25) is 4.79 Å². The van der Waals surface area contributed by atoms with Gasteiger partial charge in [-0.25, -0.2) is 0 Å². The first-order valence-electron chi connectivity index (χ1n) is 6.05. The van der Waals surface area contributed by atoms with Crippen LogP contribution in [0.3, 0.4) is 0 Å². The second kappa shape index (κ2) is 10.4. The van der Waals surface area contributed by atoms with E-state index < -0.39 is 0 Å². The second-order valence-corrected chi connectivity index (χ2v) is 7.27. The molecule has 0 aromatic heterocycles. The SMILES string of the molecule is CCCCCCC(=O)COCC[Si](C)C. The minimum atomic E-state index is -0.193. The molecule has 2 nitrogen and oxygen atoms in total. The van der Waals surface area contributed by atoms with Crippen LogP contribution in [0.15, 0.2) is 0 Å². The summed E-state index contributed by atoms with van der Waals surface area (Å²) in [6, 6.07) is 1.15. The van der Waals surface area contributed by atoms with E-state index in [2.05, 4.69) is 20.0 Å². The topological polar surface area (TPSA) is 26.3 Å². The summed E-state index contributed by atoms with van der Waals surface area (Å²) < 4.78 is 5.34. The van der Waals surface area contributed by atoms with Gasteiger partial charge in [-0.15, -0.1) is 0 Å². The van der Waals surface area contributed by atoms with Crippen molar-refractivity contribution in [1.29, 1.82) is 0 Å². The van der Waals surface area contributed by atoms with E-state index in [0.717, 1.165) is 19.1 Å². The van der Waals surface area contributed by atoms with E-state index in [9.17, 15) is 4.79 Å². The largest absolute Gasteiger partial charge is 0.374 e. The van der Waals surface area contributed by atoms with Crippen molar-refractivity contribution in [2.75, 3.05) is 13.2 Å². The van der Waals surface area contributed by atoms with Crippen LogP contribution in [0, 0.1) is 0 Å². The summed E-state index contributed by atoms with van der Waals surface area (Å²) in [5, 5.41) is 0. The molecule has 0 N–H and O–H groups in total. The van der Waals surface area contributed by atoms with E-state index in [1.54, 1.807) is 0 Å². The summed E-state index contributed by atoms with van der Waals surface area (Å²) in [7, 11) is -0.193. The number of Topliss-reactive ketones (excluding diaryl/α,β-unsaturated/α-hetero) is 1. The molecule has 0 saturated carbocycles. The number of carbonyl (C=O) groups is 1. The number of rotatable bonds is 10. The van der Waals surface area contributed by atoms with Gasteiger partial charge < -0.3 is 4.74 Å². The third-order valence-corrected chi connectivity index (χ3v) is 3.52. The van der Waals surface area contributed by atoms with Crippen LogP contribution in [0.4, 0.5) is 0 Å². The van der Waals surface area contributed by atoms with Crippen LogP contribution < -0.4 is 0 Å². The maximum Gasteiger partial charge on any atom is 0.158 e. The van der Waals surface area contributed by atoms with Crippen molar-refractivity contribution in [2.24, 2.45) is 0 Å². The molecule has 0 aliphatic heterocycles. The maximum absolute atomic E-state index is 11.3. The zero-order valence-corrected chi connectivity index (χ0v) is 11.5. The zero-order valence-electron chi connectivity index (χ0n) is 10.5. The highest BCUT2D eigenvalue weighted by molar-refractivity contribution is 6.55. The molecule has 0 heterocycles. The van der Waals surface area contributed by atoms with Gasteiger partial charge in [0.2, 0.25) is 0 Å². The fourth-order valence-electron chi connectivity index (χ4n) is 1.28. The zero-order chi connectivity index (χ0) is 11.5. The van der Waals surface area contributed by atoms with E-state index in [1.807, 2.05) is 0 Å². The van der Waals surface area contributed by atoms with Crippen LogP contribution in [0.25, 0.3) is 0 Å². The van der Waals surface area contributed by atoms with Crippen LogP contribution in [0.2, 0.25) is 19.1 Å². The normalized spacial score (nSPS) is 10.9. The van der Waals surface area contributed by atoms with Crippen LogP contribution in [-0.2, 0) is 9.53 Å². The van der Waals surface area contributed by atoms with E-state index in [4.69, 9.17) is 4.74 Å². The molecular weight excluding hydrogens is 204 g/mol. The van der Waals surface area contributed by atoms with Gasteiger partial charge in [0.1, 0.15) is 6.61 Å². The monoisotopic (exact) mass is 229 g/mol. The molecule has 0 amide bonds. The Labute approximate surface area is 96.0 Å². The fraction of sp³-hybridized carbons (Fsp3) is 0.917. The summed E-state index contributed by atoms with van der Waals surface area (Å²) in [6.07, 6.45) is 5.38. The molecule has 0 aromatic rings. The molecule has 0 bridgehead atoms. The standard InChI is InChI=1S/C12H25O2Si/c1-4-5-6-7-8-12(13)11-14-9-10-15(2)3/h4-11H2,1-3H3. The van der Waals surface area contributed by atoms with Gasteiger partial charge in [0.15, 0.2) is 5.78 Å². The first-order chi connectivity index (χ1) is 7.16. The van der Waals surface area contributed by atoms with Gasteiger partial charge in [0.25, 0.3) is 0 Å². The Balaban J connectivity index is 3.19. The number of ether oxygens (including phenoxy) is 1. The van der Waals surface area contributed by atoms with Crippen LogP contribution in [-0.4, -0.2) is 27.8 Å². The average molecular weight is 229 g/mol. The van der Waals surface area contributed by atoms with Gasteiger partial charge in [-0.1, -0.05) is 39.3 Å². The molecular formula is C12H25O2Si. The van der Waals surface area contributed by atoms with Crippen LogP contribution >= 0.6 is 0 Å². The minimum Gasteiger partial charge on any atom is -0.374 e. The lowest BCUT2D eigenvalue weighted by Crippen LogP contribution is -2.12. The van der Waals surface area contributed by atoms with Crippen molar-refractivity contribution in [3.8, 4) is 0 Å². The fourth-order valence-corrected chi connectivity index (χ4v) is 1.84. The molecule has 0 rings (SSSR count). The van der Waals surface area contributed by atoms with Gasteiger partial charge in [-0.05, 0) is 12.5 Å². The number of unbranched alkanes of at least 4 members (excludes halogenated alkanes) is 3. The summed E-state index contributed by atoms with van der Waals surface area (Å²) >= 11 is 0. The van der Waals surface area contributed by atoms with Gasteiger partial charge in [-0.2, -0.15) is 0 Å². The highest BCUT2D eigenvalue weighted by atomic mass is 28.3. The lowest BCUT2D eigenvalue weighted by molar-refractivity contribution is -0.123. The maximum atomic E-state index is 11.3. The lowest BCUT2D eigenvalue weighted by Gasteiger charge is -2.04. The van der Waals surface area contributed by atoms with E-state index >= 15 is 0 Å². The third kappa shape index (κ3) is 11.8. The van der Waals surface area contributed by atoms with Gasteiger partial charge in [0, 0.05) is 21.8 Å². The molecule has 0 aliphatic rings. The molecule has 3 heteroatoms. The first-order valence-corrected chi connectivity index (χ1v) is 8.76. The minimum absolute atomic E-state index is 0.193. The summed E-state index contributed by atoms with van der Waals surface area (Å²) in [5.41, 5.74) is 0. The summed E-state index contributed by atoms with van der Waals surface area (Å²) in [4.78, 5) is 11.3. The molecule has 0 fully saturated rings. The number of ketones is 1. The lowest BCUT2D eigenvalue weighted by atomic mass is 10.1. The Morgan fingerprint density at radius 1 is 1.20 bits per heavy atom. The third-order valence-electron chi connectivity index (χ3n) is 2.32. The van der Waals surface area contributed by atoms with E-state index in [-0.39, 0.29) is 14.6 Å².